The molecule has 45 heavy (non-hydrogen) atoms. The summed E-state index contributed by atoms with van der Waals surface area (Å²) >= 11 is 0. The maximum atomic E-state index is 13.7. The number of hydrogen-bond donors (Lipinski definition) is 1. The Morgan fingerprint density at radius 3 is 2.20 bits per heavy atom. The van der Waals surface area contributed by atoms with E-state index in [9.17, 15) is 9.59 Å². The molecule has 4 atom stereocenters. The molecule has 10 nitrogen and oxygen atoms in total. The summed E-state index contributed by atoms with van der Waals surface area (Å²) in [7, 11) is -2.89. The molecule has 0 saturated carbocycles. The molecule has 0 bridgehead atoms. The van der Waals surface area contributed by atoms with E-state index in [1.54, 1.807) is 43.5 Å². The van der Waals surface area contributed by atoms with Crippen LogP contribution in [-0.4, -0.2) is 77.3 Å². The third-order valence-corrected chi connectivity index (χ3v) is 18.2. The topological polar surface area (TPSA) is 110 Å². The van der Waals surface area contributed by atoms with Crippen LogP contribution in [0.2, 0.25) is 36.3 Å². The van der Waals surface area contributed by atoms with Crippen molar-refractivity contribution in [2.75, 3.05) is 32.2 Å². The molecule has 1 amide bonds. The van der Waals surface area contributed by atoms with Gasteiger partial charge < -0.3 is 28.4 Å². The zero-order valence-corrected chi connectivity index (χ0v) is 30.9. The highest BCUT2D eigenvalue weighted by atomic mass is 28.4. The predicted molar refractivity (Wildman–Crippen MR) is 184 cm³/mol. The van der Waals surface area contributed by atoms with E-state index in [2.05, 4.69) is 84.6 Å². The van der Waals surface area contributed by atoms with Gasteiger partial charge in [-0.2, -0.15) is 4.98 Å². The Hall–Kier alpha value is -2.46. The molecule has 1 fully saturated rings. The van der Waals surface area contributed by atoms with Gasteiger partial charge in [-0.15, -0.1) is 0 Å². The standard InChI is InChI=1S/C33H53N3O7Si2/c1-13-24-21-26(34-29(37)23-17-15-14-16-18-23)35-31(38)36(24)30-28(40-20-19-39-8)27(43-45(11,12)33(5,6)7)25(42-30)22-41-44(9,10)32(2,3)4/h13-18,21,25,27-28,30H,1,19-20,22H2,2-12H3,(H,34,35,37,38)/t25-,27-,28-,30-/m1/s1. The molecular formula is C33H53N3O7Si2. The smallest absolute Gasteiger partial charge is 0.352 e. The van der Waals surface area contributed by atoms with Gasteiger partial charge in [0, 0.05) is 18.7 Å². The zero-order valence-electron chi connectivity index (χ0n) is 28.9. The number of ether oxygens (including phenoxy) is 3. The van der Waals surface area contributed by atoms with E-state index in [0.29, 0.717) is 17.9 Å². The summed E-state index contributed by atoms with van der Waals surface area (Å²) in [6.45, 7) is 26.7. The van der Waals surface area contributed by atoms with Gasteiger partial charge in [0.1, 0.15) is 24.1 Å². The van der Waals surface area contributed by atoms with Crippen LogP contribution in [0.5, 0.6) is 0 Å². The molecule has 1 aromatic heterocycles. The van der Waals surface area contributed by atoms with E-state index < -0.39 is 46.9 Å². The highest BCUT2D eigenvalue weighted by molar-refractivity contribution is 6.74. The number of rotatable bonds is 13. The second kappa shape index (κ2) is 14.5. The van der Waals surface area contributed by atoms with Gasteiger partial charge in [-0.1, -0.05) is 66.3 Å². The van der Waals surface area contributed by atoms with Crippen molar-refractivity contribution in [3.05, 3.63) is 64.7 Å². The summed E-state index contributed by atoms with van der Waals surface area (Å²) in [5.74, 6) is -0.263. The first-order valence-electron chi connectivity index (χ1n) is 15.5. The maximum absolute atomic E-state index is 13.7. The van der Waals surface area contributed by atoms with Crippen molar-refractivity contribution in [1.82, 2.24) is 9.55 Å². The van der Waals surface area contributed by atoms with Gasteiger partial charge in [-0.25, -0.2) is 4.79 Å². The normalized spacial score (nSPS) is 21.1. The molecule has 0 spiro atoms. The molecule has 1 aliphatic rings. The van der Waals surface area contributed by atoms with Crippen molar-refractivity contribution in [2.45, 2.75) is 102 Å². The molecule has 250 valence electrons. The van der Waals surface area contributed by atoms with Crippen molar-refractivity contribution in [1.29, 1.82) is 0 Å². The Labute approximate surface area is 270 Å². The summed E-state index contributed by atoms with van der Waals surface area (Å²) in [6.07, 6.45) is -1.07. The summed E-state index contributed by atoms with van der Waals surface area (Å²) in [5.41, 5.74) is 0.253. The fourth-order valence-electron chi connectivity index (χ4n) is 4.43. The number of methoxy groups -OCH3 is 1. The fraction of sp³-hybridized carbons (Fsp3) is 0.606. The van der Waals surface area contributed by atoms with Crippen molar-refractivity contribution < 1.29 is 27.9 Å². The Bertz CT molecular complexity index is 1370. The summed E-state index contributed by atoms with van der Waals surface area (Å²) in [4.78, 5) is 30.8. The first-order valence-corrected chi connectivity index (χ1v) is 21.3. The monoisotopic (exact) mass is 659 g/mol. The molecule has 2 aromatic rings. The van der Waals surface area contributed by atoms with Crippen LogP contribution in [-0.2, 0) is 23.1 Å². The molecule has 1 aromatic carbocycles. The minimum atomic E-state index is -2.34. The molecule has 0 unspecified atom stereocenters. The van der Waals surface area contributed by atoms with Gasteiger partial charge in [0.25, 0.3) is 5.91 Å². The van der Waals surface area contributed by atoms with Crippen molar-refractivity contribution in [2.24, 2.45) is 0 Å². The van der Waals surface area contributed by atoms with Crippen LogP contribution in [0.4, 0.5) is 5.82 Å². The van der Waals surface area contributed by atoms with E-state index in [1.165, 1.54) is 4.57 Å². The largest absolute Gasteiger partial charge is 0.414 e. The lowest BCUT2D eigenvalue weighted by Gasteiger charge is -2.41. The van der Waals surface area contributed by atoms with Crippen molar-refractivity contribution in [3.63, 3.8) is 0 Å². The maximum Gasteiger partial charge on any atom is 0.352 e. The molecule has 1 saturated heterocycles. The van der Waals surface area contributed by atoms with Crippen LogP contribution in [0.1, 0.15) is 63.8 Å². The lowest BCUT2D eigenvalue weighted by atomic mass is 10.1. The van der Waals surface area contributed by atoms with Gasteiger partial charge in [-0.3, -0.25) is 9.36 Å². The van der Waals surface area contributed by atoms with E-state index in [4.69, 9.17) is 23.1 Å². The van der Waals surface area contributed by atoms with Crippen LogP contribution in [0, 0.1) is 0 Å². The fourth-order valence-corrected chi connectivity index (χ4v) is 6.76. The highest BCUT2D eigenvalue weighted by Gasteiger charge is 2.53. The Morgan fingerprint density at radius 2 is 1.64 bits per heavy atom. The number of anilines is 1. The average molecular weight is 660 g/mol. The third kappa shape index (κ3) is 8.88. The number of benzene rings is 1. The Balaban J connectivity index is 2.07. The number of carbonyl (C=O) groups excluding carboxylic acids is 1. The highest BCUT2D eigenvalue weighted by Crippen LogP contribution is 2.43. The molecule has 2 heterocycles. The van der Waals surface area contributed by atoms with Gasteiger partial charge in [0.2, 0.25) is 0 Å². The van der Waals surface area contributed by atoms with E-state index in [-0.39, 0.29) is 35.0 Å². The molecular weight excluding hydrogens is 607 g/mol. The SMILES string of the molecule is C=Cc1cc(NC(=O)c2ccccc2)nc(=O)n1[C@@H]1O[C@H](CO[Si](C)(C)C(C)(C)C)[C@@H](O[Si](C)(C)C(C)(C)C)[C@H]1OCCOC. The third-order valence-electron chi connectivity index (χ3n) is 9.26. The summed E-state index contributed by atoms with van der Waals surface area (Å²) in [6, 6.07) is 10.3. The second-order valence-electron chi connectivity index (χ2n) is 14.6. The van der Waals surface area contributed by atoms with Crippen LogP contribution in [0.25, 0.3) is 6.08 Å². The second-order valence-corrected chi connectivity index (χ2v) is 24.1. The number of aromatic nitrogens is 2. The first-order chi connectivity index (χ1) is 20.8. The Kier molecular flexibility index (Phi) is 12.0. The quantitative estimate of drug-likeness (QED) is 0.192. The zero-order chi connectivity index (χ0) is 33.8. The Morgan fingerprint density at radius 1 is 1.02 bits per heavy atom. The number of carbonyl (C=O) groups is 1. The molecule has 1 aliphatic heterocycles. The van der Waals surface area contributed by atoms with Crippen LogP contribution >= 0.6 is 0 Å². The van der Waals surface area contributed by atoms with Gasteiger partial charge in [0.15, 0.2) is 22.9 Å². The van der Waals surface area contributed by atoms with Gasteiger partial charge in [0.05, 0.1) is 25.5 Å². The number of nitrogens with one attached hydrogen (secondary N) is 1. The number of nitrogens with zero attached hydrogens (tertiary/aromatic N) is 2. The van der Waals surface area contributed by atoms with Crippen LogP contribution < -0.4 is 11.0 Å². The predicted octanol–water partition coefficient (Wildman–Crippen LogP) is 6.48. The lowest BCUT2D eigenvalue weighted by Crippen LogP contribution is -2.52. The number of hydrogen-bond acceptors (Lipinski definition) is 8. The molecule has 0 radical (unpaired) electrons. The average Bonchev–Trinajstić information content (AvgIpc) is 3.26. The number of amides is 1. The minimum Gasteiger partial charge on any atom is -0.414 e. The van der Waals surface area contributed by atoms with Crippen LogP contribution in [0.3, 0.4) is 0 Å². The molecule has 12 heteroatoms. The van der Waals surface area contributed by atoms with Gasteiger partial charge in [-0.05, 0) is 54.5 Å². The van der Waals surface area contributed by atoms with Crippen molar-refractivity contribution in [3.8, 4) is 0 Å². The van der Waals surface area contributed by atoms with Gasteiger partial charge >= 0.3 is 5.69 Å². The summed E-state index contributed by atoms with van der Waals surface area (Å²) < 4.78 is 33.5. The molecule has 1 N–H and O–H groups in total. The minimum absolute atomic E-state index is 0.00790. The van der Waals surface area contributed by atoms with E-state index >= 15 is 0 Å². The van der Waals surface area contributed by atoms with E-state index in [1.807, 2.05) is 6.07 Å². The van der Waals surface area contributed by atoms with Crippen molar-refractivity contribution >= 4 is 34.4 Å². The molecule has 0 aliphatic carbocycles. The first kappa shape index (κ1) is 37.0. The van der Waals surface area contributed by atoms with E-state index in [0.717, 1.165) is 0 Å². The van der Waals surface area contributed by atoms with Crippen LogP contribution in [0.15, 0.2) is 47.8 Å². The lowest BCUT2D eigenvalue weighted by molar-refractivity contribution is -0.0811. The molecule has 3 rings (SSSR count). The summed E-state index contributed by atoms with van der Waals surface area (Å²) in [5, 5.41) is 2.63.